The van der Waals surface area contributed by atoms with Crippen molar-refractivity contribution >= 4 is 30.2 Å². The summed E-state index contributed by atoms with van der Waals surface area (Å²) in [5, 5.41) is 0. The zero-order chi connectivity index (χ0) is 14.9. The molecule has 2 heterocycles. The SMILES string of the molecule is O=c1[nH]c(=O)n(C2C=CC(OCP(=O)(O)O)O2)cc1I. The molecular weight excluding hydrogens is 406 g/mol. The van der Waals surface area contributed by atoms with Crippen molar-refractivity contribution in [3.05, 3.63) is 42.8 Å². The quantitative estimate of drug-likeness (QED) is 0.349. The second kappa shape index (κ2) is 5.92. The zero-order valence-electron chi connectivity index (χ0n) is 9.80. The van der Waals surface area contributed by atoms with Crippen LogP contribution in [0, 0.1) is 3.57 Å². The molecule has 1 aliphatic heterocycles. The van der Waals surface area contributed by atoms with Crippen LogP contribution in [-0.2, 0) is 14.0 Å². The molecule has 0 saturated heterocycles. The Kier molecular flexibility index (Phi) is 4.62. The summed E-state index contributed by atoms with van der Waals surface area (Å²) in [6, 6.07) is 0. The number of ether oxygens (including phenoxy) is 2. The number of aromatic nitrogens is 2. The lowest BCUT2D eigenvalue weighted by Crippen LogP contribution is -2.33. The first-order valence-electron chi connectivity index (χ1n) is 5.27. The van der Waals surface area contributed by atoms with Crippen LogP contribution in [0.25, 0.3) is 0 Å². The maximum absolute atomic E-state index is 11.6. The summed E-state index contributed by atoms with van der Waals surface area (Å²) in [5.41, 5.74) is -1.15. The first-order chi connectivity index (χ1) is 9.26. The predicted molar refractivity (Wildman–Crippen MR) is 75.1 cm³/mol. The van der Waals surface area contributed by atoms with E-state index in [1.165, 1.54) is 18.3 Å². The van der Waals surface area contributed by atoms with E-state index in [0.717, 1.165) is 4.57 Å². The van der Waals surface area contributed by atoms with Crippen molar-refractivity contribution in [1.82, 2.24) is 9.55 Å². The van der Waals surface area contributed by atoms with Gasteiger partial charge in [0.05, 0.1) is 3.57 Å². The van der Waals surface area contributed by atoms with Crippen LogP contribution in [-0.4, -0.2) is 32.0 Å². The van der Waals surface area contributed by atoms with E-state index in [-0.39, 0.29) is 0 Å². The zero-order valence-corrected chi connectivity index (χ0v) is 12.9. The average Bonchev–Trinajstić information content (AvgIpc) is 2.79. The fourth-order valence-electron chi connectivity index (χ4n) is 1.49. The summed E-state index contributed by atoms with van der Waals surface area (Å²) in [6.07, 6.45) is 1.67. The van der Waals surface area contributed by atoms with Crippen molar-refractivity contribution in [3.63, 3.8) is 0 Å². The normalized spacial score (nSPS) is 22.4. The molecule has 20 heavy (non-hydrogen) atoms. The number of aromatic amines is 1. The van der Waals surface area contributed by atoms with Crippen LogP contribution >= 0.6 is 30.2 Å². The number of rotatable bonds is 4. The highest BCUT2D eigenvalue weighted by molar-refractivity contribution is 14.1. The van der Waals surface area contributed by atoms with Crippen LogP contribution < -0.4 is 11.2 Å². The van der Waals surface area contributed by atoms with Gasteiger partial charge in [0.1, 0.15) is 0 Å². The van der Waals surface area contributed by atoms with Crippen LogP contribution in [0.5, 0.6) is 0 Å². The molecule has 2 rings (SSSR count). The van der Waals surface area contributed by atoms with Gasteiger partial charge in [0.25, 0.3) is 5.56 Å². The highest BCUT2D eigenvalue weighted by Crippen LogP contribution is 2.35. The molecule has 0 radical (unpaired) electrons. The highest BCUT2D eigenvalue weighted by atomic mass is 127. The Morgan fingerprint density at radius 3 is 2.80 bits per heavy atom. The van der Waals surface area contributed by atoms with Gasteiger partial charge in [-0.3, -0.25) is 18.9 Å². The van der Waals surface area contributed by atoms with Crippen LogP contribution in [0.2, 0.25) is 0 Å². The van der Waals surface area contributed by atoms with Gasteiger partial charge in [0.2, 0.25) is 0 Å². The van der Waals surface area contributed by atoms with Crippen LogP contribution in [0.1, 0.15) is 6.23 Å². The summed E-state index contributed by atoms with van der Waals surface area (Å²) in [7, 11) is -4.29. The van der Waals surface area contributed by atoms with Gasteiger partial charge >= 0.3 is 13.3 Å². The molecule has 1 aliphatic rings. The van der Waals surface area contributed by atoms with Gasteiger partial charge in [-0.1, -0.05) is 0 Å². The summed E-state index contributed by atoms with van der Waals surface area (Å²) >= 11 is 1.77. The van der Waals surface area contributed by atoms with Crippen molar-refractivity contribution in [3.8, 4) is 0 Å². The van der Waals surface area contributed by atoms with Gasteiger partial charge in [-0.2, -0.15) is 0 Å². The lowest BCUT2D eigenvalue weighted by molar-refractivity contribution is -0.127. The molecule has 1 aromatic rings. The molecule has 0 aliphatic carbocycles. The molecule has 1 aromatic heterocycles. The Labute approximate surface area is 125 Å². The van der Waals surface area contributed by atoms with Gasteiger partial charge in [-0.15, -0.1) is 0 Å². The van der Waals surface area contributed by atoms with Crippen molar-refractivity contribution in [2.45, 2.75) is 12.5 Å². The van der Waals surface area contributed by atoms with E-state index in [4.69, 9.17) is 19.3 Å². The third-order valence-electron chi connectivity index (χ3n) is 2.31. The van der Waals surface area contributed by atoms with Crippen LogP contribution in [0.15, 0.2) is 27.9 Å². The third-order valence-corrected chi connectivity index (χ3v) is 3.57. The first kappa shape index (κ1) is 15.6. The minimum Gasteiger partial charge on any atom is -0.336 e. The van der Waals surface area contributed by atoms with E-state index in [2.05, 4.69) is 4.98 Å². The van der Waals surface area contributed by atoms with E-state index in [1.54, 1.807) is 22.6 Å². The van der Waals surface area contributed by atoms with Crippen LogP contribution in [0.4, 0.5) is 0 Å². The highest BCUT2D eigenvalue weighted by Gasteiger charge is 2.25. The molecule has 2 atom stereocenters. The Balaban J connectivity index is 2.09. The minimum atomic E-state index is -4.29. The average molecular weight is 416 g/mol. The lowest BCUT2D eigenvalue weighted by Gasteiger charge is -2.16. The topological polar surface area (TPSA) is 131 Å². The molecular formula is C9H10IN2O7P. The predicted octanol–water partition coefficient (Wildman–Crippen LogP) is -0.296. The molecule has 3 N–H and O–H groups in total. The van der Waals surface area contributed by atoms with E-state index >= 15 is 0 Å². The largest absolute Gasteiger partial charge is 0.351 e. The standard InChI is InChI=1S/C9H10IN2O7P/c10-5-3-12(9(14)11-8(5)13)6-1-2-7(19-6)18-4-20(15,16)17/h1-3,6-7H,4H2,(H,11,13,14)(H2,15,16,17). The molecule has 0 saturated carbocycles. The molecule has 0 aromatic carbocycles. The second-order valence-corrected chi connectivity index (χ2v) is 6.63. The van der Waals surface area contributed by atoms with Gasteiger partial charge in [0, 0.05) is 6.20 Å². The number of nitrogens with zero attached hydrogens (tertiary/aromatic N) is 1. The Morgan fingerprint density at radius 1 is 1.45 bits per heavy atom. The van der Waals surface area contributed by atoms with Gasteiger partial charge < -0.3 is 19.3 Å². The maximum Gasteiger partial charge on any atom is 0.351 e. The molecule has 11 heteroatoms. The Hall–Kier alpha value is -0.780. The number of nitrogens with one attached hydrogen (secondary N) is 1. The van der Waals surface area contributed by atoms with Crippen molar-refractivity contribution in [1.29, 1.82) is 0 Å². The van der Waals surface area contributed by atoms with E-state index in [9.17, 15) is 14.2 Å². The van der Waals surface area contributed by atoms with Gasteiger partial charge in [-0.25, -0.2) is 4.79 Å². The summed E-state index contributed by atoms with van der Waals surface area (Å²) in [6.45, 7) is 0. The maximum atomic E-state index is 11.6. The number of hydrogen-bond acceptors (Lipinski definition) is 5. The molecule has 110 valence electrons. The summed E-state index contributed by atoms with van der Waals surface area (Å²) in [4.78, 5) is 42.4. The van der Waals surface area contributed by atoms with Crippen molar-refractivity contribution in [2.24, 2.45) is 0 Å². The monoisotopic (exact) mass is 416 g/mol. The Bertz CT molecular complexity index is 690. The third kappa shape index (κ3) is 3.87. The Morgan fingerprint density at radius 2 is 2.15 bits per heavy atom. The number of hydrogen-bond donors (Lipinski definition) is 3. The van der Waals surface area contributed by atoms with Crippen molar-refractivity contribution in [2.75, 3.05) is 6.35 Å². The molecule has 9 nitrogen and oxygen atoms in total. The summed E-state index contributed by atoms with van der Waals surface area (Å²) < 4.78 is 22.2. The lowest BCUT2D eigenvalue weighted by atomic mass is 10.5. The number of H-pyrrole nitrogens is 1. The van der Waals surface area contributed by atoms with Crippen molar-refractivity contribution < 1.29 is 23.8 Å². The van der Waals surface area contributed by atoms with Gasteiger partial charge in [0.15, 0.2) is 18.9 Å². The smallest absolute Gasteiger partial charge is 0.336 e. The molecule has 0 amide bonds. The number of halogens is 1. The molecule has 2 unspecified atom stereocenters. The van der Waals surface area contributed by atoms with Gasteiger partial charge in [-0.05, 0) is 34.7 Å². The first-order valence-corrected chi connectivity index (χ1v) is 8.15. The summed E-state index contributed by atoms with van der Waals surface area (Å²) in [5.74, 6) is 0. The fraction of sp³-hybridized carbons (Fsp3) is 0.333. The molecule has 0 spiro atoms. The second-order valence-electron chi connectivity index (χ2n) is 3.88. The fourth-order valence-corrected chi connectivity index (χ4v) is 2.26. The van der Waals surface area contributed by atoms with E-state index in [1.807, 2.05) is 0 Å². The molecule has 0 fully saturated rings. The minimum absolute atomic E-state index is 0.304. The van der Waals surface area contributed by atoms with E-state index < -0.39 is 37.7 Å². The van der Waals surface area contributed by atoms with Crippen LogP contribution in [0.3, 0.4) is 0 Å². The van der Waals surface area contributed by atoms with E-state index in [0.29, 0.717) is 3.57 Å². The molecule has 0 bridgehead atoms.